The van der Waals surface area contributed by atoms with Gasteiger partial charge in [0.2, 0.25) is 5.95 Å². The van der Waals surface area contributed by atoms with Crippen molar-refractivity contribution in [1.29, 1.82) is 5.26 Å². The lowest BCUT2D eigenvalue weighted by Crippen LogP contribution is -2.46. The number of anilines is 3. The minimum Gasteiger partial charge on any atom is -0.381 e. The predicted molar refractivity (Wildman–Crippen MR) is 141 cm³/mol. The Morgan fingerprint density at radius 2 is 1.78 bits per heavy atom. The molecule has 1 aliphatic carbocycles. The molecule has 3 fully saturated rings. The van der Waals surface area contributed by atoms with E-state index in [-0.39, 0.29) is 6.42 Å². The number of nitrogens with one attached hydrogen (secondary N) is 2. The molecule has 11 nitrogen and oxygen atoms in total. The van der Waals surface area contributed by atoms with Gasteiger partial charge in [-0.25, -0.2) is 0 Å². The summed E-state index contributed by atoms with van der Waals surface area (Å²) >= 11 is 1.32. The minimum absolute atomic E-state index is 0.243. The summed E-state index contributed by atoms with van der Waals surface area (Å²) in [6.07, 6.45) is 10.5. The summed E-state index contributed by atoms with van der Waals surface area (Å²) in [5.74, 6) is 1.27. The van der Waals surface area contributed by atoms with Crippen LogP contribution < -0.4 is 10.6 Å². The van der Waals surface area contributed by atoms with E-state index in [1.54, 1.807) is 0 Å². The fourth-order valence-electron chi connectivity index (χ4n) is 5.67. The minimum atomic E-state index is 0.243. The van der Waals surface area contributed by atoms with Gasteiger partial charge in [0, 0.05) is 44.6 Å². The van der Waals surface area contributed by atoms with Crippen molar-refractivity contribution in [2.45, 2.75) is 63.1 Å². The number of ether oxygens (including phenoxy) is 2. The van der Waals surface area contributed by atoms with E-state index < -0.39 is 0 Å². The first-order valence-electron chi connectivity index (χ1n) is 13.3. The zero-order valence-electron chi connectivity index (χ0n) is 20.9. The molecule has 0 aromatic carbocycles. The first-order valence-corrected chi connectivity index (χ1v) is 14.0. The fourth-order valence-corrected chi connectivity index (χ4v) is 6.45. The Morgan fingerprint density at radius 3 is 2.57 bits per heavy atom. The van der Waals surface area contributed by atoms with E-state index in [1.807, 2.05) is 17.1 Å². The quantitative estimate of drug-likeness (QED) is 0.475. The summed E-state index contributed by atoms with van der Waals surface area (Å²) in [5, 5.41) is 21.8. The van der Waals surface area contributed by atoms with Gasteiger partial charge in [0.1, 0.15) is 5.82 Å². The molecule has 196 valence electrons. The number of hydrogen-bond acceptors (Lipinski definition) is 11. The molecular weight excluding hydrogens is 490 g/mol. The summed E-state index contributed by atoms with van der Waals surface area (Å²) in [6.45, 7) is 5.29. The predicted octanol–water partition coefficient (Wildman–Crippen LogP) is 3.50. The molecule has 2 aliphatic heterocycles. The van der Waals surface area contributed by atoms with Crippen LogP contribution in [-0.2, 0) is 15.9 Å². The Kier molecular flexibility index (Phi) is 7.45. The van der Waals surface area contributed by atoms with Crippen LogP contribution in [0, 0.1) is 11.3 Å². The SMILES string of the molecule is N#CCc1nsc2nc(Nc3cnn(C4CCOCC4)c3)nc(NC3CCC(N4CCOCC4)CC3)c12. The highest BCUT2D eigenvalue weighted by molar-refractivity contribution is 7.13. The lowest BCUT2D eigenvalue weighted by molar-refractivity contribution is 0.00791. The molecule has 3 aromatic heterocycles. The largest absolute Gasteiger partial charge is 0.381 e. The number of aromatic nitrogens is 5. The van der Waals surface area contributed by atoms with E-state index in [0.29, 0.717) is 24.1 Å². The summed E-state index contributed by atoms with van der Waals surface area (Å²) in [7, 11) is 0. The molecule has 5 heterocycles. The third-order valence-corrected chi connectivity index (χ3v) is 8.46. The monoisotopic (exact) mass is 523 g/mol. The number of nitrogens with zero attached hydrogens (tertiary/aromatic N) is 7. The molecule has 0 bridgehead atoms. The molecule has 2 saturated heterocycles. The molecular formula is C25H33N9O2S. The van der Waals surface area contributed by atoms with E-state index in [4.69, 9.17) is 19.4 Å². The molecule has 6 rings (SSSR count). The second-order valence-electron chi connectivity index (χ2n) is 10.0. The van der Waals surface area contributed by atoms with E-state index >= 15 is 0 Å². The molecule has 0 spiro atoms. The molecule has 1 saturated carbocycles. The van der Waals surface area contributed by atoms with Crippen LogP contribution in [0.1, 0.15) is 50.3 Å². The van der Waals surface area contributed by atoms with Gasteiger partial charge >= 0.3 is 0 Å². The van der Waals surface area contributed by atoms with Crippen molar-refractivity contribution in [3.8, 4) is 6.07 Å². The van der Waals surface area contributed by atoms with Crippen LogP contribution in [-0.4, -0.2) is 80.6 Å². The van der Waals surface area contributed by atoms with Crippen LogP contribution in [0.3, 0.4) is 0 Å². The maximum Gasteiger partial charge on any atom is 0.230 e. The molecule has 0 unspecified atom stereocenters. The highest BCUT2D eigenvalue weighted by Gasteiger charge is 2.28. The van der Waals surface area contributed by atoms with E-state index in [9.17, 15) is 5.26 Å². The van der Waals surface area contributed by atoms with Crippen LogP contribution >= 0.6 is 11.5 Å². The number of rotatable bonds is 7. The first kappa shape index (κ1) is 24.5. The summed E-state index contributed by atoms with van der Waals surface area (Å²) < 4.78 is 17.5. The Bertz CT molecular complexity index is 1230. The van der Waals surface area contributed by atoms with Gasteiger partial charge in [0.15, 0.2) is 4.83 Å². The first-order chi connectivity index (χ1) is 18.3. The molecule has 0 amide bonds. The zero-order chi connectivity index (χ0) is 25.0. The van der Waals surface area contributed by atoms with Gasteiger partial charge in [-0.3, -0.25) is 9.58 Å². The van der Waals surface area contributed by atoms with Crippen molar-refractivity contribution in [3.05, 3.63) is 18.1 Å². The Morgan fingerprint density at radius 1 is 1.00 bits per heavy atom. The topological polar surface area (TPSA) is 126 Å². The third-order valence-electron chi connectivity index (χ3n) is 7.68. The van der Waals surface area contributed by atoms with Crippen LogP contribution in [0.15, 0.2) is 12.4 Å². The molecule has 3 aromatic rings. The average molecular weight is 524 g/mol. The van der Waals surface area contributed by atoms with Gasteiger partial charge in [-0.1, -0.05) is 0 Å². The lowest BCUT2D eigenvalue weighted by atomic mass is 9.90. The van der Waals surface area contributed by atoms with Crippen molar-refractivity contribution < 1.29 is 9.47 Å². The van der Waals surface area contributed by atoms with Crippen molar-refractivity contribution in [2.75, 3.05) is 50.2 Å². The van der Waals surface area contributed by atoms with Gasteiger partial charge in [-0.15, -0.1) is 0 Å². The fraction of sp³-hybridized carbons (Fsp3) is 0.640. The maximum absolute atomic E-state index is 9.33. The van der Waals surface area contributed by atoms with E-state index in [2.05, 4.69) is 31.1 Å². The molecule has 12 heteroatoms. The maximum atomic E-state index is 9.33. The van der Waals surface area contributed by atoms with Crippen LogP contribution in [0.5, 0.6) is 0 Å². The second-order valence-corrected chi connectivity index (χ2v) is 10.8. The van der Waals surface area contributed by atoms with Gasteiger partial charge in [0.05, 0.1) is 54.7 Å². The van der Waals surface area contributed by atoms with Crippen molar-refractivity contribution >= 4 is 39.2 Å². The van der Waals surface area contributed by atoms with Gasteiger partial charge in [0.25, 0.3) is 0 Å². The number of nitriles is 1. The summed E-state index contributed by atoms with van der Waals surface area (Å²) in [6, 6.07) is 3.55. The van der Waals surface area contributed by atoms with Gasteiger partial charge in [-0.05, 0) is 50.1 Å². The Labute approximate surface area is 220 Å². The Hall–Kier alpha value is -2.85. The van der Waals surface area contributed by atoms with Crippen LogP contribution in [0.4, 0.5) is 17.5 Å². The van der Waals surface area contributed by atoms with Crippen molar-refractivity contribution in [3.63, 3.8) is 0 Å². The van der Waals surface area contributed by atoms with Crippen molar-refractivity contribution in [2.24, 2.45) is 0 Å². The Balaban J connectivity index is 1.19. The van der Waals surface area contributed by atoms with Gasteiger partial charge in [-0.2, -0.15) is 24.7 Å². The molecule has 0 atom stereocenters. The molecule has 0 radical (unpaired) electrons. The number of hydrogen-bond donors (Lipinski definition) is 2. The zero-order valence-corrected chi connectivity index (χ0v) is 21.8. The standard InChI is InChI=1S/C25H33N9O2S/c26-8-5-21-22-23(28-17-1-3-19(4-2-17)33-9-13-36-14-10-33)30-25(31-24(22)37-32-21)29-18-15-27-34(16-18)20-6-11-35-12-7-20/h15-17,19-20H,1-7,9-14H2,(H2,28,29,30,31). The van der Waals surface area contributed by atoms with E-state index in [0.717, 1.165) is 105 Å². The molecule has 3 aliphatic rings. The highest BCUT2D eigenvalue weighted by atomic mass is 32.1. The average Bonchev–Trinajstić information content (AvgIpc) is 3.58. The van der Waals surface area contributed by atoms with Gasteiger partial charge < -0.3 is 20.1 Å². The summed E-state index contributed by atoms with van der Waals surface area (Å²) in [4.78, 5) is 13.0. The second kappa shape index (κ2) is 11.3. The normalized spacial score (nSPS) is 23.6. The molecule has 2 N–H and O–H groups in total. The molecule has 37 heavy (non-hydrogen) atoms. The smallest absolute Gasteiger partial charge is 0.230 e. The van der Waals surface area contributed by atoms with Crippen LogP contribution in [0.25, 0.3) is 10.2 Å². The third kappa shape index (κ3) is 5.55. The highest BCUT2D eigenvalue weighted by Crippen LogP contribution is 2.33. The van der Waals surface area contributed by atoms with E-state index in [1.165, 1.54) is 11.5 Å². The lowest BCUT2D eigenvalue weighted by Gasteiger charge is -2.39. The summed E-state index contributed by atoms with van der Waals surface area (Å²) in [5.41, 5.74) is 1.59. The van der Waals surface area contributed by atoms with Crippen LogP contribution in [0.2, 0.25) is 0 Å². The van der Waals surface area contributed by atoms with Crippen molar-refractivity contribution in [1.82, 2.24) is 29.0 Å². The number of fused-ring (bicyclic) bond motifs is 1. The number of morpholine rings is 1.